The van der Waals surface area contributed by atoms with Crippen LogP contribution in [0.15, 0.2) is 39.9 Å². The standard InChI is InChI=1S/C11H6BrF3N2O3/c12-8-9(18)16-5-17-10(8)19-6-1-3-7(4-2-6)20-11(13,14)15/h1-5H,(H,16,17,18). The number of halogens is 4. The van der Waals surface area contributed by atoms with Crippen molar-refractivity contribution in [1.82, 2.24) is 9.97 Å². The summed E-state index contributed by atoms with van der Waals surface area (Å²) < 4.78 is 45.0. The van der Waals surface area contributed by atoms with E-state index in [9.17, 15) is 18.0 Å². The molecule has 106 valence electrons. The number of ether oxygens (including phenoxy) is 2. The van der Waals surface area contributed by atoms with Crippen molar-refractivity contribution in [2.45, 2.75) is 6.36 Å². The zero-order valence-electron chi connectivity index (χ0n) is 9.57. The number of nitrogens with zero attached hydrogens (tertiary/aromatic N) is 1. The van der Waals surface area contributed by atoms with E-state index in [4.69, 9.17) is 4.74 Å². The van der Waals surface area contributed by atoms with Gasteiger partial charge < -0.3 is 14.5 Å². The summed E-state index contributed by atoms with van der Waals surface area (Å²) in [6.45, 7) is 0. The summed E-state index contributed by atoms with van der Waals surface area (Å²) in [6, 6.07) is 4.70. The summed E-state index contributed by atoms with van der Waals surface area (Å²) in [5.74, 6) is -0.167. The molecule has 0 amide bonds. The van der Waals surface area contributed by atoms with E-state index in [1.54, 1.807) is 0 Å². The third-order valence-corrected chi connectivity index (χ3v) is 2.74. The van der Waals surface area contributed by atoms with E-state index in [-0.39, 0.29) is 21.9 Å². The van der Waals surface area contributed by atoms with Gasteiger partial charge in [0, 0.05) is 0 Å². The number of hydrogen-bond donors (Lipinski definition) is 1. The van der Waals surface area contributed by atoms with E-state index in [1.165, 1.54) is 12.1 Å². The molecule has 0 aliphatic carbocycles. The van der Waals surface area contributed by atoms with Crippen molar-refractivity contribution in [3.05, 3.63) is 45.4 Å². The lowest BCUT2D eigenvalue weighted by Crippen LogP contribution is -2.16. The second kappa shape index (κ2) is 5.53. The Kier molecular flexibility index (Phi) is 3.98. The van der Waals surface area contributed by atoms with Crippen LogP contribution in [0.25, 0.3) is 0 Å². The van der Waals surface area contributed by atoms with Crippen molar-refractivity contribution in [2.24, 2.45) is 0 Å². The maximum atomic E-state index is 12.0. The van der Waals surface area contributed by atoms with Crippen LogP contribution in [0.4, 0.5) is 13.2 Å². The monoisotopic (exact) mass is 350 g/mol. The zero-order valence-corrected chi connectivity index (χ0v) is 11.2. The minimum absolute atomic E-state index is 0.00163. The number of H-pyrrole nitrogens is 1. The van der Waals surface area contributed by atoms with Crippen LogP contribution in [0.2, 0.25) is 0 Å². The molecule has 0 saturated heterocycles. The lowest BCUT2D eigenvalue weighted by molar-refractivity contribution is -0.274. The molecule has 1 N–H and O–H groups in total. The van der Waals surface area contributed by atoms with Crippen LogP contribution in [0.1, 0.15) is 0 Å². The number of nitrogens with one attached hydrogen (secondary N) is 1. The highest BCUT2D eigenvalue weighted by molar-refractivity contribution is 9.10. The summed E-state index contributed by atoms with van der Waals surface area (Å²) in [5, 5.41) is 0. The Morgan fingerprint density at radius 2 is 1.75 bits per heavy atom. The van der Waals surface area contributed by atoms with E-state index in [1.807, 2.05) is 0 Å². The van der Waals surface area contributed by atoms with Crippen molar-refractivity contribution >= 4 is 15.9 Å². The van der Waals surface area contributed by atoms with Crippen LogP contribution in [-0.4, -0.2) is 16.3 Å². The molecule has 2 aromatic rings. The number of alkyl halides is 3. The molecule has 0 spiro atoms. The summed E-state index contributed by atoms with van der Waals surface area (Å²) in [7, 11) is 0. The molecule has 0 aliphatic heterocycles. The molecule has 0 atom stereocenters. The minimum Gasteiger partial charge on any atom is -0.438 e. The molecule has 9 heteroatoms. The van der Waals surface area contributed by atoms with Gasteiger partial charge in [-0.2, -0.15) is 0 Å². The lowest BCUT2D eigenvalue weighted by Gasteiger charge is -2.09. The van der Waals surface area contributed by atoms with Crippen molar-refractivity contribution in [3.63, 3.8) is 0 Å². The Balaban J connectivity index is 2.15. The van der Waals surface area contributed by atoms with Crippen LogP contribution in [0.3, 0.4) is 0 Å². The van der Waals surface area contributed by atoms with Gasteiger partial charge in [0.2, 0.25) is 5.88 Å². The molecular weight excluding hydrogens is 345 g/mol. The SMILES string of the molecule is O=c1[nH]cnc(Oc2ccc(OC(F)(F)F)cc2)c1Br. The van der Waals surface area contributed by atoms with Gasteiger partial charge in [-0.1, -0.05) is 0 Å². The first-order valence-electron chi connectivity index (χ1n) is 5.12. The topological polar surface area (TPSA) is 64.2 Å². The molecule has 1 heterocycles. The first kappa shape index (κ1) is 14.4. The molecule has 0 fully saturated rings. The van der Waals surface area contributed by atoms with Crippen LogP contribution >= 0.6 is 15.9 Å². The molecule has 2 rings (SSSR count). The Morgan fingerprint density at radius 1 is 1.15 bits per heavy atom. The quantitative estimate of drug-likeness (QED) is 0.922. The molecule has 0 aliphatic rings. The molecule has 1 aromatic heterocycles. The Morgan fingerprint density at radius 3 is 2.35 bits per heavy atom. The molecule has 1 aromatic carbocycles. The lowest BCUT2D eigenvalue weighted by atomic mass is 10.3. The first-order valence-corrected chi connectivity index (χ1v) is 5.91. The van der Waals surface area contributed by atoms with E-state index in [0.717, 1.165) is 18.5 Å². The molecule has 0 saturated carbocycles. The minimum atomic E-state index is -4.75. The van der Waals surface area contributed by atoms with Gasteiger partial charge in [-0.05, 0) is 40.2 Å². The van der Waals surface area contributed by atoms with Gasteiger partial charge in [0.05, 0.1) is 6.33 Å². The van der Waals surface area contributed by atoms with E-state index in [0.29, 0.717) is 0 Å². The van der Waals surface area contributed by atoms with Gasteiger partial charge in [-0.3, -0.25) is 4.79 Å². The summed E-state index contributed by atoms with van der Waals surface area (Å²) >= 11 is 2.99. The Hall–Kier alpha value is -2.03. The third-order valence-electron chi connectivity index (χ3n) is 2.04. The average molecular weight is 351 g/mol. The number of hydrogen-bond acceptors (Lipinski definition) is 4. The highest BCUT2D eigenvalue weighted by Crippen LogP contribution is 2.28. The maximum absolute atomic E-state index is 12.0. The van der Waals surface area contributed by atoms with Crippen LogP contribution < -0.4 is 15.0 Å². The van der Waals surface area contributed by atoms with Crippen LogP contribution in [0, 0.1) is 0 Å². The molecule has 20 heavy (non-hydrogen) atoms. The van der Waals surface area contributed by atoms with Crippen molar-refractivity contribution in [2.75, 3.05) is 0 Å². The maximum Gasteiger partial charge on any atom is 0.573 e. The summed E-state index contributed by atoms with van der Waals surface area (Å²) in [5.41, 5.74) is -0.438. The van der Waals surface area contributed by atoms with Gasteiger partial charge in [0.15, 0.2) is 0 Å². The fourth-order valence-electron chi connectivity index (χ4n) is 1.26. The van der Waals surface area contributed by atoms with Gasteiger partial charge in [0.25, 0.3) is 5.56 Å². The van der Waals surface area contributed by atoms with Gasteiger partial charge in [0.1, 0.15) is 16.0 Å². The fourth-order valence-corrected chi connectivity index (χ4v) is 1.56. The Labute approximate surface area is 118 Å². The largest absolute Gasteiger partial charge is 0.573 e. The Bertz CT molecular complexity index is 655. The third kappa shape index (κ3) is 3.73. The molecular formula is C11H6BrF3N2O3. The fraction of sp³-hybridized carbons (Fsp3) is 0.0909. The van der Waals surface area contributed by atoms with Gasteiger partial charge >= 0.3 is 6.36 Å². The number of benzene rings is 1. The molecule has 0 radical (unpaired) electrons. The summed E-state index contributed by atoms with van der Waals surface area (Å²) in [4.78, 5) is 17.4. The average Bonchev–Trinajstić information content (AvgIpc) is 2.35. The van der Waals surface area contributed by atoms with Crippen molar-refractivity contribution in [3.8, 4) is 17.4 Å². The molecule has 5 nitrogen and oxygen atoms in total. The van der Waals surface area contributed by atoms with E-state index >= 15 is 0 Å². The highest BCUT2D eigenvalue weighted by atomic mass is 79.9. The second-order valence-corrected chi connectivity index (χ2v) is 4.27. The predicted molar refractivity (Wildman–Crippen MR) is 65.8 cm³/mol. The highest BCUT2D eigenvalue weighted by Gasteiger charge is 2.30. The van der Waals surface area contributed by atoms with Gasteiger partial charge in [-0.25, -0.2) is 4.98 Å². The zero-order chi connectivity index (χ0) is 14.8. The van der Waals surface area contributed by atoms with Crippen LogP contribution in [0.5, 0.6) is 17.4 Å². The number of rotatable bonds is 3. The predicted octanol–water partition coefficient (Wildman–Crippen LogP) is 3.22. The number of aromatic nitrogens is 2. The molecule has 0 unspecified atom stereocenters. The normalized spacial score (nSPS) is 11.2. The van der Waals surface area contributed by atoms with Crippen LogP contribution in [-0.2, 0) is 0 Å². The van der Waals surface area contributed by atoms with Gasteiger partial charge in [-0.15, -0.1) is 13.2 Å². The summed E-state index contributed by atoms with van der Waals surface area (Å²) in [6.07, 6.45) is -3.61. The van der Waals surface area contributed by atoms with E-state index < -0.39 is 11.9 Å². The van der Waals surface area contributed by atoms with E-state index in [2.05, 4.69) is 30.6 Å². The second-order valence-electron chi connectivity index (χ2n) is 3.47. The smallest absolute Gasteiger partial charge is 0.438 e. The van der Waals surface area contributed by atoms with Crippen molar-refractivity contribution in [1.29, 1.82) is 0 Å². The molecule has 0 bridgehead atoms. The first-order chi connectivity index (χ1) is 9.35. The number of aromatic amines is 1. The van der Waals surface area contributed by atoms with Crippen molar-refractivity contribution < 1.29 is 22.6 Å².